The Hall–Kier alpha value is -0.490. The molecule has 0 unspecified atom stereocenters. The first-order chi connectivity index (χ1) is 12.2. The molecule has 1 aromatic heterocycles. The summed E-state index contributed by atoms with van der Waals surface area (Å²) in [7, 11) is 10.4. The highest BCUT2D eigenvalue weighted by atomic mass is 33.1. The summed E-state index contributed by atoms with van der Waals surface area (Å²) in [5.41, 5.74) is 1.29. The van der Waals surface area contributed by atoms with Gasteiger partial charge in [0.25, 0.3) is 0 Å². The van der Waals surface area contributed by atoms with Crippen LogP contribution in [0.15, 0.2) is 30.5 Å². The number of pyridine rings is 1. The van der Waals surface area contributed by atoms with Crippen molar-refractivity contribution >= 4 is 27.7 Å². The van der Waals surface area contributed by atoms with Gasteiger partial charge in [-0.2, -0.15) is 0 Å². The topological polar surface area (TPSA) is 19.1 Å². The average molecular weight is 381 g/mol. The Labute approximate surface area is 162 Å². The van der Waals surface area contributed by atoms with Crippen LogP contribution in [0.4, 0.5) is 0 Å². The van der Waals surface area contributed by atoms with Gasteiger partial charge in [-0.3, -0.25) is 0 Å². The lowest BCUT2D eigenvalue weighted by atomic mass is 9.85. The third-order valence-electron chi connectivity index (χ3n) is 5.04. The summed E-state index contributed by atoms with van der Waals surface area (Å²) in [5, 5.41) is 3.20. The lowest BCUT2D eigenvalue weighted by Crippen LogP contribution is -2.36. The van der Waals surface area contributed by atoms with E-state index in [1.54, 1.807) is 0 Å². The normalized spacial score (nSPS) is 21.3. The van der Waals surface area contributed by atoms with E-state index >= 15 is 0 Å². The molecule has 0 bridgehead atoms. The van der Waals surface area contributed by atoms with Gasteiger partial charge in [-0.05, 0) is 51.8 Å². The molecule has 0 aromatic carbocycles. The Morgan fingerprint density at radius 1 is 1.20 bits per heavy atom. The van der Waals surface area contributed by atoms with E-state index in [1.807, 2.05) is 28.6 Å². The molecule has 0 atom stereocenters. The fraction of sp³-hybridized carbons (Fsp3) is 0.650. The molecule has 0 amide bonds. The lowest BCUT2D eigenvalue weighted by molar-refractivity contribution is -0.673. The van der Waals surface area contributed by atoms with E-state index in [0.717, 1.165) is 18.5 Å². The van der Waals surface area contributed by atoms with Gasteiger partial charge in [0.1, 0.15) is 7.05 Å². The Kier molecular flexibility index (Phi) is 9.99. The molecule has 0 spiro atoms. The van der Waals surface area contributed by atoms with Gasteiger partial charge in [0.15, 0.2) is 6.20 Å². The van der Waals surface area contributed by atoms with Crippen molar-refractivity contribution in [1.82, 2.24) is 10.2 Å². The standard InChI is InChI=1S/C20H34N3S2/c1-21-13-16-24-25-17-15-23(3)20-11-8-18(9-12-20)7-10-19-6-4-5-14-22(19)2/h4-7,10,14,18,20-21H,8-9,11-13,15-17H2,1-3H3/q+1/b10-7+. The Morgan fingerprint density at radius 3 is 2.68 bits per heavy atom. The zero-order chi connectivity index (χ0) is 17.9. The molecule has 1 aliphatic rings. The van der Waals surface area contributed by atoms with Crippen molar-refractivity contribution in [1.29, 1.82) is 0 Å². The second-order valence-corrected chi connectivity index (χ2v) is 9.59. The molecule has 1 fully saturated rings. The first-order valence-electron chi connectivity index (χ1n) is 9.43. The molecule has 25 heavy (non-hydrogen) atoms. The van der Waals surface area contributed by atoms with Crippen LogP contribution < -0.4 is 9.88 Å². The maximum Gasteiger partial charge on any atom is 0.204 e. The van der Waals surface area contributed by atoms with E-state index in [1.165, 1.54) is 49.4 Å². The molecule has 1 aromatic rings. The van der Waals surface area contributed by atoms with Crippen LogP contribution in [-0.4, -0.2) is 49.6 Å². The smallest absolute Gasteiger partial charge is 0.204 e. The number of aryl methyl sites for hydroxylation is 1. The molecular weight excluding hydrogens is 346 g/mol. The monoisotopic (exact) mass is 380 g/mol. The minimum absolute atomic E-state index is 0.747. The molecule has 1 saturated carbocycles. The van der Waals surface area contributed by atoms with E-state index in [4.69, 9.17) is 0 Å². The third-order valence-corrected chi connectivity index (χ3v) is 7.43. The predicted octanol–water partition coefficient (Wildman–Crippen LogP) is 3.62. The molecule has 140 valence electrons. The van der Waals surface area contributed by atoms with Gasteiger partial charge in [0.2, 0.25) is 5.69 Å². The van der Waals surface area contributed by atoms with E-state index < -0.39 is 0 Å². The number of hydrogen-bond donors (Lipinski definition) is 1. The molecule has 0 saturated heterocycles. The van der Waals surface area contributed by atoms with Crippen molar-refractivity contribution in [3.63, 3.8) is 0 Å². The van der Waals surface area contributed by atoms with Crippen LogP contribution in [-0.2, 0) is 7.05 Å². The quantitative estimate of drug-likeness (QED) is 0.380. The molecular formula is C20H34N3S2+. The molecule has 0 radical (unpaired) electrons. The zero-order valence-electron chi connectivity index (χ0n) is 16.0. The number of rotatable bonds is 10. The minimum atomic E-state index is 0.747. The molecule has 3 nitrogen and oxygen atoms in total. The average Bonchev–Trinajstić information content (AvgIpc) is 2.64. The molecule has 1 aliphatic carbocycles. The molecule has 1 N–H and O–H groups in total. The Balaban J connectivity index is 1.64. The van der Waals surface area contributed by atoms with Crippen LogP contribution in [0.25, 0.3) is 6.08 Å². The SMILES string of the molecule is CNCCSSCCN(C)C1CCC(/C=C/c2cccc[n+]2C)CC1. The van der Waals surface area contributed by atoms with Crippen molar-refractivity contribution in [3.8, 4) is 0 Å². The molecule has 0 aliphatic heterocycles. The zero-order valence-corrected chi connectivity index (χ0v) is 17.6. The van der Waals surface area contributed by atoms with Gasteiger partial charge in [0.05, 0.1) is 0 Å². The predicted molar refractivity (Wildman–Crippen MR) is 114 cm³/mol. The van der Waals surface area contributed by atoms with Crippen LogP contribution in [0.2, 0.25) is 0 Å². The second kappa shape index (κ2) is 12.0. The van der Waals surface area contributed by atoms with Gasteiger partial charge in [-0.25, -0.2) is 4.57 Å². The fourth-order valence-electron chi connectivity index (χ4n) is 3.30. The van der Waals surface area contributed by atoms with Gasteiger partial charge in [-0.1, -0.05) is 27.7 Å². The minimum Gasteiger partial charge on any atom is -0.319 e. The summed E-state index contributed by atoms with van der Waals surface area (Å²) in [5.74, 6) is 3.17. The Bertz CT molecular complexity index is 513. The first-order valence-corrected chi connectivity index (χ1v) is 11.9. The van der Waals surface area contributed by atoms with Crippen LogP contribution in [0.1, 0.15) is 31.4 Å². The molecule has 5 heteroatoms. The summed E-state index contributed by atoms with van der Waals surface area (Å²) >= 11 is 0. The summed E-state index contributed by atoms with van der Waals surface area (Å²) in [6.07, 6.45) is 12.2. The third kappa shape index (κ3) is 7.73. The van der Waals surface area contributed by atoms with E-state index in [-0.39, 0.29) is 0 Å². The number of aromatic nitrogens is 1. The number of hydrogen-bond acceptors (Lipinski definition) is 4. The van der Waals surface area contributed by atoms with Crippen molar-refractivity contribution in [2.75, 3.05) is 38.7 Å². The van der Waals surface area contributed by atoms with Crippen molar-refractivity contribution in [3.05, 3.63) is 36.2 Å². The van der Waals surface area contributed by atoms with Crippen LogP contribution in [0, 0.1) is 5.92 Å². The van der Waals surface area contributed by atoms with Crippen molar-refractivity contribution in [2.45, 2.75) is 31.7 Å². The van der Waals surface area contributed by atoms with Gasteiger partial charge < -0.3 is 10.2 Å². The van der Waals surface area contributed by atoms with E-state index in [0.29, 0.717) is 0 Å². The van der Waals surface area contributed by atoms with E-state index in [2.05, 4.69) is 65.4 Å². The van der Waals surface area contributed by atoms with Crippen LogP contribution in [0.5, 0.6) is 0 Å². The maximum absolute atomic E-state index is 3.20. The first kappa shape index (κ1) is 20.8. The number of nitrogens with one attached hydrogen (secondary N) is 1. The van der Waals surface area contributed by atoms with Crippen molar-refractivity contribution < 1.29 is 4.57 Å². The highest BCUT2D eigenvalue weighted by Crippen LogP contribution is 2.29. The highest BCUT2D eigenvalue weighted by Gasteiger charge is 2.22. The largest absolute Gasteiger partial charge is 0.319 e. The number of nitrogens with zero attached hydrogens (tertiary/aromatic N) is 2. The second-order valence-electron chi connectivity index (χ2n) is 6.89. The van der Waals surface area contributed by atoms with Crippen LogP contribution >= 0.6 is 21.6 Å². The van der Waals surface area contributed by atoms with Gasteiger partial charge >= 0.3 is 0 Å². The fourth-order valence-corrected chi connectivity index (χ4v) is 5.37. The Morgan fingerprint density at radius 2 is 1.96 bits per heavy atom. The molecule has 1 heterocycles. The summed E-state index contributed by atoms with van der Waals surface area (Å²) < 4.78 is 2.18. The van der Waals surface area contributed by atoms with Gasteiger partial charge in [0, 0.05) is 48.8 Å². The summed E-state index contributed by atoms with van der Waals surface area (Å²) in [6.45, 7) is 2.31. The van der Waals surface area contributed by atoms with Crippen LogP contribution in [0.3, 0.4) is 0 Å². The highest BCUT2D eigenvalue weighted by molar-refractivity contribution is 8.76. The van der Waals surface area contributed by atoms with E-state index in [9.17, 15) is 0 Å². The molecule has 2 rings (SSSR count). The lowest BCUT2D eigenvalue weighted by Gasteiger charge is -2.33. The summed E-state index contributed by atoms with van der Waals surface area (Å²) in [4.78, 5) is 2.59. The number of allylic oxidation sites excluding steroid dienone is 1. The maximum atomic E-state index is 3.20. The summed E-state index contributed by atoms with van der Waals surface area (Å²) in [6, 6.07) is 7.15. The van der Waals surface area contributed by atoms with Gasteiger partial charge in [-0.15, -0.1) is 0 Å². The van der Waals surface area contributed by atoms with Crippen molar-refractivity contribution in [2.24, 2.45) is 13.0 Å².